The molecule has 0 amide bonds. The van der Waals surface area contributed by atoms with E-state index in [4.69, 9.17) is 15.6 Å². The van der Waals surface area contributed by atoms with Gasteiger partial charge in [0.15, 0.2) is 0 Å². The molecule has 1 rings (SSSR count). The van der Waals surface area contributed by atoms with Crippen LogP contribution in [-0.2, 0) is 4.79 Å². The summed E-state index contributed by atoms with van der Waals surface area (Å²) in [5, 5.41) is 8.49. The summed E-state index contributed by atoms with van der Waals surface area (Å²) >= 11 is 0. The second-order valence-corrected chi connectivity index (χ2v) is 2.82. The first-order chi connectivity index (χ1) is 6.70. The van der Waals surface area contributed by atoms with Crippen molar-refractivity contribution in [2.75, 3.05) is 6.61 Å². The van der Waals surface area contributed by atoms with Gasteiger partial charge in [-0.05, 0) is 18.2 Å². The number of carbonyl (C=O) groups is 1. The molecule has 0 spiro atoms. The summed E-state index contributed by atoms with van der Waals surface area (Å²) in [6.45, 7) is 0.303. The fraction of sp³-hybridized carbons (Fsp3) is 0.300. The van der Waals surface area contributed by atoms with Crippen LogP contribution in [0.25, 0.3) is 0 Å². The number of ether oxygens (including phenoxy) is 1. The molecule has 0 fully saturated rings. The van der Waals surface area contributed by atoms with E-state index in [1.165, 1.54) is 0 Å². The van der Waals surface area contributed by atoms with E-state index in [1.54, 1.807) is 24.3 Å². The molecule has 14 heavy (non-hydrogen) atoms. The first-order valence-corrected chi connectivity index (χ1v) is 4.27. The summed E-state index contributed by atoms with van der Waals surface area (Å²) in [6.07, 6.45) is 0.300. The van der Waals surface area contributed by atoms with E-state index in [0.29, 0.717) is 18.8 Å². The summed E-state index contributed by atoms with van der Waals surface area (Å²) in [7, 11) is 0. The smallest absolute Gasteiger partial charge is 0.320 e. The molecule has 0 unspecified atom stereocenters. The van der Waals surface area contributed by atoms with Crippen LogP contribution in [0, 0.1) is 6.07 Å². The van der Waals surface area contributed by atoms with E-state index < -0.39 is 12.0 Å². The van der Waals surface area contributed by atoms with Gasteiger partial charge in [0.05, 0.1) is 6.61 Å². The Hall–Kier alpha value is -1.55. The lowest BCUT2D eigenvalue weighted by molar-refractivity contribution is -0.138. The number of rotatable bonds is 5. The average Bonchev–Trinajstić information content (AvgIpc) is 2.19. The number of carboxylic acid groups (broad SMARTS) is 1. The lowest BCUT2D eigenvalue weighted by Crippen LogP contribution is -2.31. The fourth-order valence-corrected chi connectivity index (χ4v) is 0.895. The molecular weight excluding hydrogens is 182 g/mol. The Morgan fingerprint density at radius 3 is 2.79 bits per heavy atom. The molecule has 75 valence electrons. The molecule has 1 aromatic carbocycles. The fourth-order valence-electron chi connectivity index (χ4n) is 0.895. The molecule has 0 aliphatic heterocycles. The SMILES string of the molecule is N[C@H](CCOc1cc[c]cc1)C(=O)O. The summed E-state index contributed by atoms with van der Waals surface area (Å²) < 4.78 is 5.26. The summed E-state index contributed by atoms with van der Waals surface area (Å²) in [5.41, 5.74) is 5.29. The van der Waals surface area contributed by atoms with E-state index in [2.05, 4.69) is 6.07 Å². The van der Waals surface area contributed by atoms with Crippen molar-refractivity contribution >= 4 is 5.97 Å². The highest BCUT2D eigenvalue weighted by molar-refractivity contribution is 5.72. The second-order valence-electron chi connectivity index (χ2n) is 2.82. The van der Waals surface area contributed by atoms with Gasteiger partial charge in [0.2, 0.25) is 0 Å². The van der Waals surface area contributed by atoms with Gasteiger partial charge in [-0.2, -0.15) is 0 Å². The van der Waals surface area contributed by atoms with Crippen LogP contribution in [0.15, 0.2) is 24.3 Å². The molecule has 0 saturated heterocycles. The van der Waals surface area contributed by atoms with E-state index in [1.807, 2.05) is 0 Å². The van der Waals surface area contributed by atoms with Gasteiger partial charge in [0, 0.05) is 6.42 Å². The number of aliphatic carboxylic acids is 1. The zero-order valence-corrected chi connectivity index (χ0v) is 7.64. The van der Waals surface area contributed by atoms with Crippen molar-refractivity contribution in [2.24, 2.45) is 5.73 Å². The zero-order valence-electron chi connectivity index (χ0n) is 7.64. The quantitative estimate of drug-likeness (QED) is 0.722. The Kier molecular flexibility index (Phi) is 3.94. The molecule has 0 aliphatic carbocycles. The minimum atomic E-state index is -1.00. The minimum absolute atomic E-state index is 0.300. The van der Waals surface area contributed by atoms with Gasteiger partial charge in [-0.15, -0.1) is 0 Å². The molecule has 4 nitrogen and oxygen atoms in total. The van der Waals surface area contributed by atoms with Crippen LogP contribution < -0.4 is 10.5 Å². The van der Waals surface area contributed by atoms with Gasteiger partial charge in [-0.3, -0.25) is 4.79 Å². The monoisotopic (exact) mass is 194 g/mol. The number of hydrogen-bond donors (Lipinski definition) is 2. The molecule has 0 bridgehead atoms. The van der Waals surface area contributed by atoms with Crippen molar-refractivity contribution in [1.29, 1.82) is 0 Å². The summed E-state index contributed by atoms with van der Waals surface area (Å²) in [6, 6.07) is 8.96. The van der Waals surface area contributed by atoms with Crippen LogP contribution >= 0.6 is 0 Å². The molecule has 1 aromatic rings. The molecule has 3 N–H and O–H groups in total. The third kappa shape index (κ3) is 3.45. The predicted molar refractivity (Wildman–Crippen MR) is 51.0 cm³/mol. The van der Waals surface area contributed by atoms with Crippen molar-refractivity contribution in [3.05, 3.63) is 30.3 Å². The highest BCUT2D eigenvalue weighted by Gasteiger charge is 2.10. The predicted octanol–water partition coefficient (Wildman–Crippen LogP) is 0.668. The lowest BCUT2D eigenvalue weighted by atomic mass is 10.2. The Labute approximate surface area is 82.3 Å². The second kappa shape index (κ2) is 5.24. The number of benzene rings is 1. The maximum absolute atomic E-state index is 10.4. The van der Waals surface area contributed by atoms with Crippen LogP contribution in [0.5, 0.6) is 5.75 Å². The molecule has 0 heterocycles. The molecule has 0 aliphatic rings. The maximum Gasteiger partial charge on any atom is 0.320 e. The Balaban J connectivity index is 2.26. The third-order valence-corrected chi connectivity index (χ3v) is 1.70. The molecule has 4 heteroatoms. The third-order valence-electron chi connectivity index (χ3n) is 1.70. The largest absolute Gasteiger partial charge is 0.494 e. The average molecular weight is 194 g/mol. The molecular formula is C10H12NO3. The Morgan fingerprint density at radius 2 is 2.21 bits per heavy atom. The van der Waals surface area contributed by atoms with Gasteiger partial charge in [-0.1, -0.05) is 12.1 Å². The van der Waals surface area contributed by atoms with Crippen LogP contribution in [0.2, 0.25) is 0 Å². The van der Waals surface area contributed by atoms with Crippen molar-refractivity contribution in [3.63, 3.8) is 0 Å². The first-order valence-electron chi connectivity index (χ1n) is 4.27. The van der Waals surface area contributed by atoms with Crippen molar-refractivity contribution in [1.82, 2.24) is 0 Å². The Bertz CT molecular complexity index is 287. The topological polar surface area (TPSA) is 72.5 Å². The summed E-state index contributed by atoms with van der Waals surface area (Å²) in [5.74, 6) is -0.309. The van der Waals surface area contributed by atoms with E-state index in [9.17, 15) is 4.79 Å². The van der Waals surface area contributed by atoms with Gasteiger partial charge >= 0.3 is 5.97 Å². The van der Waals surface area contributed by atoms with Gasteiger partial charge in [-0.25, -0.2) is 0 Å². The van der Waals surface area contributed by atoms with Crippen LogP contribution in [0.3, 0.4) is 0 Å². The highest BCUT2D eigenvalue weighted by Crippen LogP contribution is 2.08. The standard InChI is InChI=1S/C10H12NO3/c11-9(10(12)13)6-7-14-8-4-2-1-3-5-8/h2-5,9H,6-7,11H2,(H,12,13)/t9-/m1/s1. The number of nitrogens with two attached hydrogens (primary N) is 1. The maximum atomic E-state index is 10.4. The van der Waals surface area contributed by atoms with Gasteiger partial charge in [0.25, 0.3) is 0 Å². The molecule has 0 saturated carbocycles. The van der Waals surface area contributed by atoms with Gasteiger partial charge < -0.3 is 15.6 Å². The minimum Gasteiger partial charge on any atom is -0.494 e. The number of hydrogen-bond acceptors (Lipinski definition) is 3. The van der Waals surface area contributed by atoms with E-state index >= 15 is 0 Å². The van der Waals surface area contributed by atoms with Crippen molar-refractivity contribution in [2.45, 2.75) is 12.5 Å². The van der Waals surface area contributed by atoms with Crippen LogP contribution in [-0.4, -0.2) is 23.7 Å². The first kappa shape index (κ1) is 10.5. The lowest BCUT2D eigenvalue weighted by Gasteiger charge is -2.07. The highest BCUT2D eigenvalue weighted by atomic mass is 16.5. The van der Waals surface area contributed by atoms with E-state index in [0.717, 1.165) is 0 Å². The molecule has 0 aromatic heterocycles. The number of carboxylic acids is 1. The van der Waals surface area contributed by atoms with Crippen molar-refractivity contribution in [3.8, 4) is 5.75 Å². The molecule has 1 radical (unpaired) electrons. The molecule has 1 atom stereocenters. The van der Waals surface area contributed by atoms with Crippen molar-refractivity contribution < 1.29 is 14.6 Å². The Morgan fingerprint density at radius 1 is 1.57 bits per heavy atom. The summed E-state index contributed by atoms with van der Waals surface area (Å²) in [4.78, 5) is 10.4. The van der Waals surface area contributed by atoms with E-state index in [-0.39, 0.29) is 0 Å². The van der Waals surface area contributed by atoms with Crippen LogP contribution in [0.1, 0.15) is 6.42 Å². The zero-order chi connectivity index (χ0) is 10.4. The van der Waals surface area contributed by atoms with Gasteiger partial charge in [0.1, 0.15) is 11.8 Å². The normalized spacial score (nSPS) is 12.1. The van der Waals surface area contributed by atoms with Crippen LogP contribution in [0.4, 0.5) is 0 Å².